The Morgan fingerprint density at radius 2 is 1.89 bits per heavy atom. The van der Waals surface area contributed by atoms with E-state index in [4.69, 9.17) is 5.26 Å². The Hall–Kier alpha value is -1.33. The molecule has 0 spiro atoms. The molecule has 0 saturated heterocycles. The molecule has 0 amide bonds. The van der Waals surface area contributed by atoms with Crippen molar-refractivity contribution >= 4 is 0 Å². The maximum atomic E-state index is 8.78. The molecular weight excluding hydrogens is 220 g/mol. The normalized spacial score (nSPS) is 18.2. The van der Waals surface area contributed by atoms with Gasteiger partial charge in [-0.3, -0.25) is 0 Å². The lowest BCUT2D eigenvalue weighted by Gasteiger charge is -2.24. The monoisotopic (exact) mass is 242 g/mol. The van der Waals surface area contributed by atoms with Gasteiger partial charge in [-0.1, -0.05) is 31.4 Å². The zero-order chi connectivity index (χ0) is 12.8. The molecular formula is C16H22N2. The minimum Gasteiger partial charge on any atom is -0.310 e. The van der Waals surface area contributed by atoms with E-state index in [2.05, 4.69) is 30.4 Å². The summed E-state index contributed by atoms with van der Waals surface area (Å²) in [4.78, 5) is 0. The largest absolute Gasteiger partial charge is 0.310 e. The standard InChI is InChI=1S/C16H22N2/c1-13(16-9-7-14(11-17)8-10-16)18-12-15-5-3-2-4-6-15/h7-10,13,15,18H,2-6,12H2,1H3. The van der Waals surface area contributed by atoms with Gasteiger partial charge in [0.1, 0.15) is 0 Å². The summed E-state index contributed by atoms with van der Waals surface area (Å²) in [5, 5.41) is 12.4. The number of hydrogen-bond acceptors (Lipinski definition) is 2. The molecule has 1 atom stereocenters. The molecule has 1 N–H and O–H groups in total. The number of nitrogens with one attached hydrogen (secondary N) is 1. The molecule has 2 nitrogen and oxygen atoms in total. The van der Waals surface area contributed by atoms with Crippen LogP contribution < -0.4 is 5.32 Å². The van der Waals surface area contributed by atoms with Crippen molar-refractivity contribution in [2.75, 3.05) is 6.54 Å². The van der Waals surface area contributed by atoms with Gasteiger partial charge < -0.3 is 5.32 Å². The summed E-state index contributed by atoms with van der Waals surface area (Å²) >= 11 is 0. The van der Waals surface area contributed by atoms with Crippen molar-refractivity contribution in [3.63, 3.8) is 0 Å². The molecule has 2 heteroatoms. The van der Waals surface area contributed by atoms with E-state index in [9.17, 15) is 0 Å². The second kappa shape index (κ2) is 6.56. The minimum absolute atomic E-state index is 0.375. The summed E-state index contributed by atoms with van der Waals surface area (Å²) in [5.41, 5.74) is 2.00. The van der Waals surface area contributed by atoms with E-state index in [1.54, 1.807) is 0 Å². The van der Waals surface area contributed by atoms with Crippen LogP contribution >= 0.6 is 0 Å². The molecule has 1 aliphatic carbocycles. The maximum Gasteiger partial charge on any atom is 0.0991 e. The Morgan fingerprint density at radius 1 is 1.22 bits per heavy atom. The van der Waals surface area contributed by atoms with E-state index in [0.717, 1.165) is 18.0 Å². The molecule has 2 rings (SSSR count). The highest BCUT2D eigenvalue weighted by atomic mass is 14.9. The van der Waals surface area contributed by atoms with Gasteiger partial charge in [-0.2, -0.15) is 5.26 Å². The fraction of sp³-hybridized carbons (Fsp3) is 0.562. The summed E-state index contributed by atoms with van der Waals surface area (Å²) in [6, 6.07) is 10.4. The highest BCUT2D eigenvalue weighted by Crippen LogP contribution is 2.23. The van der Waals surface area contributed by atoms with E-state index in [1.807, 2.05) is 12.1 Å². The smallest absolute Gasteiger partial charge is 0.0991 e. The number of nitrogens with zero attached hydrogens (tertiary/aromatic N) is 1. The van der Waals surface area contributed by atoms with Gasteiger partial charge in [-0.05, 0) is 49.9 Å². The quantitative estimate of drug-likeness (QED) is 0.872. The topological polar surface area (TPSA) is 35.8 Å². The van der Waals surface area contributed by atoms with Crippen molar-refractivity contribution in [1.82, 2.24) is 5.32 Å². The predicted octanol–water partition coefficient (Wildman–Crippen LogP) is 3.79. The molecule has 0 bridgehead atoms. The van der Waals surface area contributed by atoms with Gasteiger partial charge in [0.15, 0.2) is 0 Å². The number of hydrogen-bond donors (Lipinski definition) is 1. The van der Waals surface area contributed by atoms with Gasteiger partial charge in [0.25, 0.3) is 0 Å². The molecule has 1 aromatic rings. The third kappa shape index (κ3) is 3.58. The Labute approximate surface area is 110 Å². The van der Waals surface area contributed by atoms with Crippen LogP contribution in [0.25, 0.3) is 0 Å². The van der Waals surface area contributed by atoms with Crippen LogP contribution in [0, 0.1) is 17.2 Å². The first-order chi connectivity index (χ1) is 8.79. The van der Waals surface area contributed by atoms with E-state index in [0.29, 0.717) is 6.04 Å². The molecule has 18 heavy (non-hydrogen) atoms. The van der Waals surface area contributed by atoms with Crippen LogP contribution in [0.15, 0.2) is 24.3 Å². The second-order valence-electron chi connectivity index (χ2n) is 5.37. The van der Waals surface area contributed by atoms with Crippen LogP contribution in [0.4, 0.5) is 0 Å². The van der Waals surface area contributed by atoms with Gasteiger partial charge in [0.05, 0.1) is 11.6 Å². The molecule has 1 aromatic carbocycles. The first-order valence-electron chi connectivity index (χ1n) is 7.03. The summed E-state index contributed by atoms with van der Waals surface area (Å²) in [6.07, 6.45) is 6.98. The van der Waals surface area contributed by atoms with E-state index in [1.165, 1.54) is 37.7 Å². The van der Waals surface area contributed by atoms with Gasteiger partial charge in [0, 0.05) is 6.04 Å². The number of benzene rings is 1. The maximum absolute atomic E-state index is 8.78. The molecule has 1 saturated carbocycles. The highest BCUT2D eigenvalue weighted by Gasteiger charge is 2.14. The van der Waals surface area contributed by atoms with Crippen molar-refractivity contribution in [2.24, 2.45) is 5.92 Å². The van der Waals surface area contributed by atoms with Gasteiger partial charge in [0.2, 0.25) is 0 Å². The Morgan fingerprint density at radius 3 is 2.50 bits per heavy atom. The summed E-state index contributed by atoms with van der Waals surface area (Å²) in [7, 11) is 0. The van der Waals surface area contributed by atoms with Crippen LogP contribution in [-0.4, -0.2) is 6.54 Å². The molecule has 0 aromatic heterocycles. The van der Waals surface area contributed by atoms with Crippen LogP contribution in [0.1, 0.15) is 56.2 Å². The average Bonchev–Trinajstić information content (AvgIpc) is 2.46. The SMILES string of the molecule is CC(NCC1CCCCC1)c1ccc(C#N)cc1. The van der Waals surface area contributed by atoms with Crippen molar-refractivity contribution in [3.05, 3.63) is 35.4 Å². The third-order valence-corrected chi connectivity index (χ3v) is 3.98. The first kappa shape index (κ1) is 13.1. The fourth-order valence-corrected chi connectivity index (χ4v) is 2.70. The van der Waals surface area contributed by atoms with E-state index in [-0.39, 0.29) is 0 Å². The lowest BCUT2D eigenvalue weighted by molar-refractivity contribution is 0.331. The average molecular weight is 242 g/mol. The molecule has 96 valence electrons. The Kier molecular flexibility index (Phi) is 4.78. The summed E-state index contributed by atoms with van der Waals surface area (Å²) in [5.74, 6) is 0.861. The first-order valence-corrected chi connectivity index (χ1v) is 7.03. The van der Waals surface area contributed by atoms with Gasteiger partial charge in [-0.25, -0.2) is 0 Å². The van der Waals surface area contributed by atoms with Crippen molar-refractivity contribution in [3.8, 4) is 6.07 Å². The van der Waals surface area contributed by atoms with Crippen molar-refractivity contribution < 1.29 is 0 Å². The van der Waals surface area contributed by atoms with Crippen molar-refractivity contribution in [1.29, 1.82) is 5.26 Å². The molecule has 0 heterocycles. The molecule has 1 aliphatic rings. The predicted molar refractivity (Wildman–Crippen MR) is 74.1 cm³/mol. The van der Waals surface area contributed by atoms with E-state index < -0.39 is 0 Å². The third-order valence-electron chi connectivity index (χ3n) is 3.98. The van der Waals surface area contributed by atoms with Crippen LogP contribution in [-0.2, 0) is 0 Å². The Bertz CT molecular complexity index is 396. The van der Waals surface area contributed by atoms with E-state index >= 15 is 0 Å². The lowest BCUT2D eigenvalue weighted by Crippen LogP contribution is -2.27. The fourth-order valence-electron chi connectivity index (χ4n) is 2.70. The zero-order valence-electron chi connectivity index (χ0n) is 11.2. The number of nitriles is 1. The molecule has 0 radical (unpaired) electrons. The summed E-state index contributed by atoms with van der Waals surface area (Å²) in [6.45, 7) is 3.32. The van der Waals surface area contributed by atoms with Crippen molar-refractivity contribution in [2.45, 2.75) is 45.1 Å². The Balaban J connectivity index is 1.83. The van der Waals surface area contributed by atoms with Gasteiger partial charge in [-0.15, -0.1) is 0 Å². The van der Waals surface area contributed by atoms with Gasteiger partial charge >= 0.3 is 0 Å². The lowest BCUT2D eigenvalue weighted by atomic mass is 9.89. The number of rotatable bonds is 4. The summed E-state index contributed by atoms with van der Waals surface area (Å²) < 4.78 is 0. The highest BCUT2D eigenvalue weighted by molar-refractivity contribution is 5.32. The van der Waals surface area contributed by atoms with Crippen LogP contribution in [0.5, 0.6) is 0 Å². The zero-order valence-corrected chi connectivity index (χ0v) is 11.2. The molecule has 1 unspecified atom stereocenters. The van der Waals surface area contributed by atoms with Crippen LogP contribution in [0.2, 0.25) is 0 Å². The minimum atomic E-state index is 0.375. The molecule has 1 fully saturated rings. The van der Waals surface area contributed by atoms with Crippen LogP contribution in [0.3, 0.4) is 0 Å². The molecule has 0 aliphatic heterocycles. The second-order valence-corrected chi connectivity index (χ2v) is 5.37.